The number of carbonyl (C=O) groups is 3. The van der Waals surface area contributed by atoms with Crippen molar-refractivity contribution in [3.63, 3.8) is 0 Å². The molecule has 1 atom stereocenters. The average molecular weight is 429 g/mol. The SMILES string of the molecule is [C-]#[N+]c1cccc(C=C2CCCc3cc(N4C[C@H](CNC(C)=O)OC4=O)ccc3C2=O)c1. The highest BCUT2D eigenvalue weighted by Crippen LogP contribution is 2.31. The van der Waals surface area contributed by atoms with Crippen LogP contribution in [0.4, 0.5) is 16.2 Å². The summed E-state index contributed by atoms with van der Waals surface area (Å²) in [5, 5.41) is 2.67. The number of hydrogen-bond donors (Lipinski definition) is 1. The maximum atomic E-state index is 13.2. The van der Waals surface area contributed by atoms with Crippen LogP contribution in [0.2, 0.25) is 0 Å². The number of cyclic esters (lactones) is 1. The fraction of sp³-hybridized carbons (Fsp3) is 0.280. The number of nitrogens with zero attached hydrogens (tertiary/aromatic N) is 2. The summed E-state index contributed by atoms with van der Waals surface area (Å²) in [5.41, 5.74) is 4.33. The summed E-state index contributed by atoms with van der Waals surface area (Å²) in [6.45, 7) is 9.20. The summed E-state index contributed by atoms with van der Waals surface area (Å²) in [6, 6.07) is 12.6. The molecule has 1 saturated heterocycles. The van der Waals surface area contributed by atoms with Crippen molar-refractivity contribution in [2.24, 2.45) is 0 Å². The summed E-state index contributed by atoms with van der Waals surface area (Å²) < 4.78 is 5.35. The lowest BCUT2D eigenvalue weighted by atomic mass is 9.97. The Morgan fingerprint density at radius 2 is 2.09 bits per heavy atom. The number of rotatable bonds is 4. The number of Topliss-reactive ketones (excluding diaryl/α,β-unsaturated/α-hetero) is 1. The second kappa shape index (κ2) is 9.06. The molecule has 0 radical (unpaired) electrons. The van der Waals surface area contributed by atoms with Crippen molar-refractivity contribution in [2.75, 3.05) is 18.0 Å². The number of hydrogen-bond acceptors (Lipinski definition) is 4. The van der Waals surface area contributed by atoms with E-state index in [1.165, 1.54) is 11.8 Å². The van der Waals surface area contributed by atoms with Crippen molar-refractivity contribution in [1.29, 1.82) is 0 Å². The molecule has 0 bridgehead atoms. The Morgan fingerprint density at radius 3 is 2.88 bits per heavy atom. The van der Waals surface area contributed by atoms with Crippen LogP contribution in [-0.2, 0) is 16.0 Å². The smallest absolute Gasteiger partial charge is 0.414 e. The number of carbonyl (C=O) groups excluding carboxylic acids is 3. The van der Waals surface area contributed by atoms with Gasteiger partial charge in [-0.25, -0.2) is 9.64 Å². The number of benzene rings is 2. The number of fused-ring (bicyclic) bond motifs is 1. The predicted octanol–water partition coefficient (Wildman–Crippen LogP) is 4.30. The first-order valence-corrected chi connectivity index (χ1v) is 10.5. The van der Waals surface area contributed by atoms with E-state index in [1.54, 1.807) is 24.3 Å². The zero-order chi connectivity index (χ0) is 22.7. The van der Waals surface area contributed by atoms with E-state index in [1.807, 2.05) is 24.3 Å². The van der Waals surface area contributed by atoms with E-state index >= 15 is 0 Å². The zero-order valence-corrected chi connectivity index (χ0v) is 17.8. The van der Waals surface area contributed by atoms with Gasteiger partial charge in [0.1, 0.15) is 6.10 Å². The summed E-state index contributed by atoms with van der Waals surface area (Å²) in [6.07, 6.45) is 3.19. The highest BCUT2D eigenvalue weighted by Gasteiger charge is 2.33. The highest BCUT2D eigenvalue weighted by molar-refractivity contribution is 6.12. The molecule has 2 aromatic rings. The molecule has 1 fully saturated rings. The van der Waals surface area contributed by atoms with Crippen LogP contribution >= 0.6 is 0 Å². The van der Waals surface area contributed by atoms with Gasteiger partial charge in [-0.1, -0.05) is 18.2 Å². The first-order chi connectivity index (χ1) is 15.4. The summed E-state index contributed by atoms with van der Waals surface area (Å²) >= 11 is 0. The van der Waals surface area contributed by atoms with Crippen LogP contribution in [0.15, 0.2) is 48.0 Å². The van der Waals surface area contributed by atoms with Gasteiger partial charge in [0.25, 0.3) is 0 Å². The second-order valence-corrected chi connectivity index (χ2v) is 7.95. The van der Waals surface area contributed by atoms with E-state index in [9.17, 15) is 14.4 Å². The number of amides is 2. The van der Waals surface area contributed by atoms with Crippen LogP contribution in [-0.4, -0.2) is 37.0 Å². The van der Waals surface area contributed by atoms with Gasteiger partial charge >= 0.3 is 6.09 Å². The first-order valence-electron chi connectivity index (χ1n) is 10.5. The normalized spacial score (nSPS) is 19.2. The van der Waals surface area contributed by atoms with Crippen molar-refractivity contribution >= 4 is 35.2 Å². The lowest BCUT2D eigenvalue weighted by Crippen LogP contribution is -2.33. The summed E-state index contributed by atoms with van der Waals surface area (Å²) in [7, 11) is 0. The van der Waals surface area contributed by atoms with Crippen molar-refractivity contribution in [1.82, 2.24) is 5.32 Å². The van der Waals surface area contributed by atoms with E-state index in [4.69, 9.17) is 11.3 Å². The van der Waals surface area contributed by atoms with Crippen LogP contribution in [0.3, 0.4) is 0 Å². The largest absolute Gasteiger partial charge is 0.442 e. The monoisotopic (exact) mass is 429 g/mol. The summed E-state index contributed by atoms with van der Waals surface area (Å²) in [4.78, 5) is 41.7. The Kier molecular flexibility index (Phi) is 6.04. The van der Waals surface area contributed by atoms with Crippen LogP contribution in [0, 0.1) is 6.57 Å². The fourth-order valence-electron chi connectivity index (χ4n) is 4.05. The number of ketones is 1. The molecular weight excluding hydrogens is 406 g/mol. The quantitative estimate of drug-likeness (QED) is 0.446. The van der Waals surface area contributed by atoms with Crippen LogP contribution in [0.25, 0.3) is 10.9 Å². The van der Waals surface area contributed by atoms with Crippen LogP contribution in [0.1, 0.15) is 41.3 Å². The minimum Gasteiger partial charge on any atom is -0.442 e. The third kappa shape index (κ3) is 4.54. The van der Waals surface area contributed by atoms with E-state index in [0.29, 0.717) is 29.9 Å². The van der Waals surface area contributed by atoms with Gasteiger partial charge in [0.15, 0.2) is 11.5 Å². The van der Waals surface area contributed by atoms with Gasteiger partial charge in [-0.05, 0) is 60.7 Å². The van der Waals surface area contributed by atoms with Gasteiger partial charge in [-0.2, -0.15) is 0 Å². The molecule has 0 saturated carbocycles. The molecular formula is C25H23N3O4. The topological polar surface area (TPSA) is 80.1 Å². The second-order valence-electron chi connectivity index (χ2n) is 7.95. The minimum absolute atomic E-state index is 0.0233. The Labute approximate surface area is 186 Å². The molecule has 7 heteroatoms. The number of allylic oxidation sites excluding steroid dienone is 1. The molecule has 7 nitrogen and oxygen atoms in total. The molecule has 1 N–H and O–H groups in total. The van der Waals surface area contributed by atoms with Gasteiger partial charge in [0.2, 0.25) is 5.91 Å². The third-order valence-corrected chi connectivity index (χ3v) is 5.62. The molecule has 0 spiro atoms. The van der Waals surface area contributed by atoms with Gasteiger partial charge in [-0.15, -0.1) is 0 Å². The van der Waals surface area contributed by atoms with Gasteiger partial charge in [0, 0.05) is 23.7 Å². The summed E-state index contributed by atoms with van der Waals surface area (Å²) in [5.74, 6) is -0.197. The van der Waals surface area contributed by atoms with Gasteiger partial charge in [0.05, 0.1) is 19.7 Å². The van der Waals surface area contributed by atoms with Gasteiger partial charge in [-0.3, -0.25) is 14.5 Å². The number of nitrogens with one attached hydrogen (secondary N) is 1. The van der Waals surface area contributed by atoms with E-state index < -0.39 is 12.2 Å². The van der Waals surface area contributed by atoms with Crippen molar-refractivity contribution < 1.29 is 19.1 Å². The minimum atomic E-state index is -0.458. The number of ether oxygens (including phenoxy) is 1. The van der Waals surface area contributed by atoms with Crippen molar-refractivity contribution in [2.45, 2.75) is 32.3 Å². The van der Waals surface area contributed by atoms with Gasteiger partial charge < -0.3 is 10.1 Å². The maximum Gasteiger partial charge on any atom is 0.414 e. The molecule has 1 aliphatic heterocycles. The van der Waals surface area contributed by atoms with Crippen LogP contribution in [0.5, 0.6) is 0 Å². The lowest BCUT2D eigenvalue weighted by Gasteiger charge is -2.16. The first kappa shape index (κ1) is 21.3. The Hall–Kier alpha value is -3.92. The zero-order valence-electron chi connectivity index (χ0n) is 17.8. The Morgan fingerprint density at radius 1 is 1.25 bits per heavy atom. The molecule has 0 aromatic heterocycles. The molecule has 32 heavy (non-hydrogen) atoms. The fourth-order valence-corrected chi connectivity index (χ4v) is 4.05. The molecule has 2 aliphatic rings. The van der Waals surface area contributed by atoms with E-state index in [-0.39, 0.29) is 18.2 Å². The standard InChI is InChI=1S/C25H23N3O4/c1-16(29)27-14-22-15-28(25(31)32-22)21-9-10-23-18(13-21)6-4-7-19(24(23)30)11-17-5-3-8-20(12-17)26-2/h3,5,8-13,22H,4,6-7,14-15H2,1H3,(H,27,29)/t22-/m0/s1. The molecule has 4 rings (SSSR count). The molecule has 1 aliphatic carbocycles. The van der Waals surface area contributed by atoms with E-state index in [0.717, 1.165) is 29.5 Å². The number of aryl methyl sites for hydroxylation is 1. The molecule has 1 heterocycles. The van der Waals surface area contributed by atoms with E-state index in [2.05, 4.69) is 10.2 Å². The molecule has 2 aromatic carbocycles. The highest BCUT2D eigenvalue weighted by atomic mass is 16.6. The van der Waals surface area contributed by atoms with Crippen molar-refractivity contribution in [3.8, 4) is 0 Å². The predicted molar refractivity (Wildman–Crippen MR) is 121 cm³/mol. The lowest BCUT2D eigenvalue weighted by molar-refractivity contribution is -0.119. The average Bonchev–Trinajstić information content (AvgIpc) is 3.09. The Bertz CT molecular complexity index is 1160. The molecule has 162 valence electrons. The maximum absolute atomic E-state index is 13.2. The van der Waals surface area contributed by atoms with Crippen LogP contribution < -0.4 is 10.2 Å². The van der Waals surface area contributed by atoms with Crippen molar-refractivity contribution in [3.05, 3.63) is 76.1 Å². The third-order valence-electron chi connectivity index (χ3n) is 5.62. The molecule has 0 unspecified atom stereocenters. The Balaban J connectivity index is 1.56. The molecule has 2 amide bonds. The number of anilines is 1.